The van der Waals surface area contributed by atoms with Crippen LogP contribution in [0.4, 0.5) is 5.95 Å². The van der Waals surface area contributed by atoms with Gasteiger partial charge in [-0.3, -0.25) is 0 Å². The van der Waals surface area contributed by atoms with Gasteiger partial charge in [0.15, 0.2) is 0 Å². The van der Waals surface area contributed by atoms with E-state index in [1.807, 2.05) is 0 Å². The molecule has 0 aromatic carbocycles. The maximum Gasteiger partial charge on any atom is 0.222 e. The second kappa shape index (κ2) is 6.62. The molecule has 0 radical (unpaired) electrons. The highest BCUT2D eigenvalue weighted by molar-refractivity contribution is 6.17. The van der Waals surface area contributed by atoms with Gasteiger partial charge in [-0.25, -0.2) is 9.97 Å². The third-order valence-corrected chi connectivity index (χ3v) is 1.47. The number of nitrogens with one attached hydrogen (secondary N) is 1. The van der Waals surface area contributed by atoms with E-state index in [2.05, 4.69) is 15.3 Å². The molecule has 0 atom stereocenters. The number of nitrogens with zero attached hydrogens (tertiary/aromatic N) is 2. The largest absolute Gasteiger partial charge is 0.378 e. The smallest absolute Gasteiger partial charge is 0.222 e. The molecule has 0 aliphatic carbocycles. The summed E-state index contributed by atoms with van der Waals surface area (Å²) in [7, 11) is 0. The standard InChI is InChI=1S/C8H12ClN3O/c9-2-6-13-7-5-12-8-10-3-1-4-11-8/h1,3-4H,2,5-7H2,(H,10,11,12). The van der Waals surface area contributed by atoms with Gasteiger partial charge < -0.3 is 10.1 Å². The Balaban J connectivity index is 2.07. The molecule has 0 spiro atoms. The van der Waals surface area contributed by atoms with Crippen LogP contribution in [0.2, 0.25) is 0 Å². The van der Waals surface area contributed by atoms with Crippen molar-refractivity contribution in [1.29, 1.82) is 0 Å². The summed E-state index contributed by atoms with van der Waals surface area (Å²) >= 11 is 5.43. The van der Waals surface area contributed by atoms with Crippen molar-refractivity contribution in [1.82, 2.24) is 9.97 Å². The third-order valence-electron chi connectivity index (χ3n) is 1.32. The van der Waals surface area contributed by atoms with Crippen molar-refractivity contribution in [2.45, 2.75) is 0 Å². The van der Waals surface area contributed by atoms with Crippen LogP contribution in [-0.4, -0.2) is 35.6 Å². The highest BCUT2D eigenvalue weighted by Crippen LogP contribution is 1.92. The molecule has 0 amide bonds. The van der Waals surface area contributed by atoms with Gasteiger partial charge in [-0.2, -0.15) is 0 Å². The molecule has 0 unspecified atom stereocenters. The minimum Gasteiger partial charge on any atom is -0.378 e. The van der Waals surface area contributed by atoms with Gasteiger partial charge in [0, 0.05) is 24.8 Å². The van der Waals surface area contributed by atoms with Gasteiger partial charge in [0.05, 0.1) is 13.2 Å². The second-order valence-electron chi connectivity index (χ2n) is 2.30. The van der Waals surface area contributed by atoms with Gasteiger partial charge in [-0.05, 0) is 6.07 Å². The van der Waals surface area contributed by atoms with Crippen LogP contribution in [0.3, 0.4) is 0 Å². The third kappa shape index (κ3) is 4.65. The van der Waals surface area contributed by atoms with Crippen molar-refractivity contribution in [2.24, 2.45) is 0 Å². The lowest BCUT2D eigenvalue weighted by Crippen LogP contribution is -2.12. The summed E-state index contributed by atoms with van der Waals surface area (Å²) in [6.07, 6.45) is 3.38. The molecule has 0 saturated carbocycles. The number of ether oxygens (including phenoxy) is 1. The first-order chi connectivity index (χ1) is 6.43. The van der Waals surface area contributed by atoms with Crippen LogP contribution in [0, 0.1) is 0 Å². The van der Waals surface area contributed by atoms with Crippen LogP contribution in [0.25, 0.3) is 0 Å². The lowest BCUT2D eigenvalue weighted by atomic mass is 10.6. The number of hydrogen-bond acceptors (Lipinski definition) is 4. The Kier molecular flexibility index (Phi) is 5.20. The molecule has 0 saturated heterocycles. The molecule has 1 heterocycles. The quantitative estimate of drug-likeness (QED) is 0.554. The van der Waals surface area contributed by atoms with E-state index in [0.29, 0.717) is 31.6 Å². The second-order valence-corrected chi connectivity index (χ2v) is 2.68. The van der Waals surface area contributed by atoms with Crippen LogP contribution >= 0.6 is 11.6 Å². The number of hydrogen-bond donors (Lipinski definition) is 1. The molecular weight excluding hydrogens is 190 g/mol. The first-order valence-corrected chi connectivity index (χ1v) is 4.61. The minimum absolute atomic E-state index is 0.530. The maximum absolute atomic E-state index is 5.43. The van der Waals surface area contributed by atoms with Gasteiger partial charge in [-0.1, -0.05) is 0 Å². The van der Waals surface area contributed by atoms with Gasteiger partial charge >= 0.3 is 0 Å². The van der Waals surface area contributed by atoms with E-state index in [1.165, 1.54) is 0 Å². The zero-order chi connectivity index (χ0) is 9.36. The van der Waals surface area contributed by atoms with Crippen LogP contribution in [-0.2, 0) is 4.74 Å². The summed E-state index contributed by atoms with van der Waals surface area (Å²) in [5.41, 5.74) is 0. The zero-order valence-electron chi connectivity index (χ0n) is 7.24. The Morgan fingerprint density at radius 3 is 2.77 bits per heavy atom. The lowest BCUT2D eigenvalue weighted by Gasteiger charge is -2.03. The number of rotatable bonds is 6. The summed E-state index contributed by atoms with van der Waals surface area (Å²) in [5, 5.41) is 3.01. The lowest BCUT2D eigenvalue weighted by molar-refractivity contribution is 0.160. The molecule has 0 aliphatic heterocycles. The first-order valence-electron chi connectivity index (χ1n) is 4.08. The fourth-order valence-electron chi connectivity index (χ4n) is 0.782. The number of anilines is 1. The first kappa shape index (κ1) is 10.2. The van der Waals surface area contributed by atoms with E-state index in [-0.39, 0.29) is 0 Å². The van der Waals surface area contributed by atoms with Crippen molar-refractivity contribution in [2.75, 3.05) is 31.0 Å². The van der Waals surface area contributed by atoms with E-state index in [9.17, 15) is 0 Å². The summed E-state index contributed by atoms with van der Waals surface area (Å²) in [4.78, 5) is 7.99. The van der Waals surface area contributed by atoms with Gasteiger partial charge in [0.1, 0.15) is 0 Å². The van der Waals surface area contributed by atoms with Gasteiger partial charge in [0.25, 0.3) is 0 Å². The molecule has 5 heteroatoms. The Bertz CT molecular complexity index is 220. The van der Waals surface area contributed by atoms with Crippen molar-refractivity contribution in [3.05, 3.63) is 18.5 Å². The maximum atomic E-state index is 5.43. The predicted octanol–water partition coefficient (Wildman–Crippen LogP) is 1.14. The van der Waals surface area contributed by atoms with Gasteiger partial charge in [-0.15, -0.1) is 11.6 Å². The van der Waals surface area contributed by atoms with Crippen molar-refractivity contribution < 1.29 is 4.74 Å². The molecule has 4 nitrogen and oxygen atoms in total. The fourth-order valence-corrected chi connectivity index (χ4v) is 0.891. The van der Waals surface area contributed by atoms with E-state index in [4.69, 9.17) is 16.3 Å². The molecule has 1 aromatic heterocycles. The van der Waals surface area contributed by atoms with Crippen LogP contribution in [0.1, 0.15) is 0 Å². The topological polar surface area (TPSA) is 47.0 Å². The Morgan fingerprint density at radius 1 is 1.31 bits per heavy atom. The molecule has 1 N–H and O–H groups in total. The van der Waals surface area contributed by atoms with Crippen molar-refractivity contribution in [3.63, 3.8) is 0 Å². The fraction of sp³-hybridized carbons (Fsp3) is 0.500. The van der Waals surface area contributed by atoms with Crippen LogP contribution in [0.15, 0.2) is 18.5 Å². The number of halogens is 1. The zero-order valence-corrected chi connectivity index (χ0v) is 8.00. The number of aromatic nitrogens is 2. The van der Waals surface area contributed by atoms with Gasteiger partial charge in [0.2, 0.25) is 5.95 Å². The van der Waals surface area contributed by atoms with E-state index >= 15 is 0 Å². The highest BCUT2D eigenvalue weighted by atomic mass is 35.5. The van der Waals surface area contributed by atoms with Crippen molar-refractivity contribution in [3.8, 4) is 0 Å². The predicted molar refractivity (Wildman–Crippen MR) is 52.1 cm³/mol. The van der Waals surface area contributed by atoms with Crippen LogP contribution < -0.4 is 5.32 Å². The number of alkyl halides is 1. The summed E-state index contributed by atoms with van der Waals surface area (Å²) < 4.78 is 5.15. The summed E-state index contributed by atoms with van der Waals surface area (Å²) in [5.74, 6) is 1.15. The molecule has 13 heavy (non-hydrogen) atoms. The Hall–Kier alpha value is -0.870. The molecular formula is C8H12ClN3O. The summed E-state index contributed by atoms with van der Waals surface area (Å²) in [6.45, 7) is 1.89. The molecule has 1 rings (SSSR count). The molecule has 72 valence electrons. The van der Waals surface area contributed by atoms with E-state index in [0.717, 1.165) is 0 Å². The van der Waals surface area contributed by atoms with Crippen molar-refractivity contribution >= 4 is 17.5 Å². The highest BCUT2D eigenvalue weighted by Gasteiger charge is 1.91. The van der Waals surface area contributed by atoms with E-state index in [1.54, 1.807) is 18.5 Å². The molecule has 0 bridgehead atoms. The van der Waals surface area contributed by atoms with E-state index < -0.39 is 0 Å². The summed E-state index contributed by atoms with van der Waals surface area (Å²) in [6, 6.07) is 1.77. The van der Waals surface area contributed by atoms with Crippen LogP contribution in [0.5, 0.6) is 0 Å². The molecule has 0 fully saturated rings. The Morgan fingerprint density at radius 2 is 2.08 bits per heavy atom. The Labute approximate surface area is 82.3 Å². The average Bonchev–Trinajstić information content (AvgIpc) is 2.19. The molecule has 0 aliphatic rings. The average molecular weight is 202 g/mol. The monoisotopic (exact) mass is 201 g/mol. The SMILES string of the molecule is ClCCOCCNc1ncccn1. The molecule has 1 aromatic rings. The minimum atomic E-state index is 0.530. The normalized spacial score (nSPS) is 9.92.